The van der Waals surface area contributed by atoms with Crippen LogP contribution in [-0.4, -0.2) is 68.6 Å². The van der Waals surface area contributed by atoms with Gasteiger partial charge in [0, 0.05) is 50.4 Å². The maximum absolute atomic E-state index is 12.6. The second kappa shape index (κ2) is 8.56. The molecule has 2 saturated heterocycles. The van der Waals surface area contributed by atoms with Gasteiger partial charge in [-0.25, -0.2) is 0 Å². The van der Waals surface area contributed by atoms with Crippen molar-refractivity contribution >= 4 is 11.6 Å². The summed E-state index contributed by atoms with van der Waals surface area (Å²) in [5, 5.41) is 0. The Labute approximate surface area is 151 Å². The van der Waals surface area contributed by atoms with Crippen molar-refractivity contribution < 1.29 is 9.53 Å². The monoisotopic (exact) mass is 345 g/mol. The number of ether oxygens (including phenoxy) is 1. The molecule has 0 spiro atoms. The number of methoxy groups -OCH3 is 1. The van der Waals surface area contributed by atoms with E-state index in [1.54, 1.807) is 7.11 Å². The first-order chi connectivity index (χ1) is 12.2. The minimum Gasteiger partial charge on any atom is -0.497 e. The predicted molar refractivity (Wildman–Crippen MR) is 101 cm³/mol. The molecular formula is C20H31N3O2. The predicted octanol–water partition coefficient (Wildman–Crippen LogP) is 2.61. The maximum Gasteiger partial charge on any atom is 0.222 e. The van der Waals surface area contributed by atoms with Gasteiger partial charge in [-0.15, -0.1) is 0 Å². The lowest BCUT2D eigenvalue weighted by Gasteiger charge is -2.37. The standard InChI is InChI=1S/C20H31N3O2/c1-21-11-4-3-6-17(21)9-10-20(24)23-14-12-22(13-15-23)18-7-5-8-19(16-18)25-2/h5,7-8,16-17H,3-4,6,9-15H2,1-2H3/t17-/m0/s1. The van der Waals surface area contributed by atoms with Crippen LogP contribution >= 0.6 is 0 Å². The molecule has 0 radical (unpaired) electrons. The van der Waals surface area contributed by atoms with Crippen molar-refractivity contribution in [1.82, 2.24) is 9.80 Å². The highest BCUT2D eigenvalue weighted by Crippen LogP contribution is 2.23. The lowest BCUT2D eigenvalue weighted by molar-refractivity contribution is -0.131. The molecule has 0 N–H and O–H groups in total. The molecule has 2 aliphatic heterocycles. The molecule has 1 aromatic carbocycles. The summed E-state index contributed by atoms with van der Waals surface area (Å²) in [6, 6.07) is 8.75. The number of carbonyl (C=O) groups is 1. The molecule has 2 heterocycles. The quantitative estimate of drug-likeness (QED) is 0.822. The molecule has 25 heavy (non-hydrogen) atoms. The van der Waals surface area contributed by atoms with Crippen molar-refractivity contribution in [3.63, 3.8) is 0 Å². The molecule has 2 aliphatic rings. The highest BCUT2D eigenvalue weighted by molar-refractivity contribution is 5.76. The van der Waals surface area contributed by atoms with Crippen LogP contribution in [0.3, 0.4) is 0 Å². The van der Waals surface area contributed by atoms with E-state index >= 15 is 0 Å². The molecule has 0 unspecified atom stereocenters. The smallest absolute Gasteiger partial charge is 0.222 e. The lowest BCUT2D eigenvalue weighted by atomic mass is 9.98. The summed E-state index contributed by atoms with van der Waals surface area (Å²) in [6.45, 7) is 4.59. The second-order valence-corrected chi connectivity index (χ2v) is 7.24. The molecule has 1 aromatic rings. The van der Waals surface area contributed by atoms with Crippen LogP contribution < -0.4 is 9.64 Å². The van der Waals surface area contributed by atoms with E-state index in [1.807, 2.05) is 17.0 Å². The highest BCUT2D eigenvalue weighted by atomic mass is 16.5. The molecule has 0 bridgehead atoms. The fourth-order valence-corrected chi connectivity index (χ4v) is 3.98. The number of rotatable bonds is 5. The van der Waals surface area contributed by atoms with Crippen LogP contribution in [0.5, 0.6) is 5.75 Å². The minimum atomic E-state index is 0.323. The fraction of sp³-hybridized carbons (Fsp3) is 0.650. The SMILES string of the molecule is COc1cccc(N2CCN(C(=O)CC[C@@H]3CCCCN3C)CC2)c1. The third-order valence-electron chi connectivity index (χ3n) is 5.66. The van der Waals surface area contributed by atoms with Gasteiger partial charge in [0.2, 0.25) is 5.91 Å². The van der Waals surface area contributed by atoms with E-state index in [9.17, 15) is 4.79 Å². The minimum absolute atomic E-state index is 0.323. The number of hydrogen-bond acceptors (Lipinski definition) is 4. The zero-order chi connectivity index (χ0) is 17.6. The van der Waals surface area contributed by atoms with Crippen LogP contribution in [-0.2, 0) is 4.79 Å². The largest absolute Gasteiger partial charge is 0.497 e. The molecule has 1 amide bonds. The van der Waals surface area contributed by atoms with Gasteiger partial charge >= 0.3 is 0 Å². The molecule has 138 valence electrons. The summed E-state index contributed by atoms with van der Waals surface area (Å²) in [5.41, 5.74) is 1.18. The number of hydrogen-bond donors (Lipinski definition) is 0. The first-order valence-electron chi connectivity index (χ1n) is 9.54. The van der Waals surface area contributed by atoms with Crippen LogP contribution in [0.4, 0.5) is 5.69 Å². The van der Waals surface area contributed by atoms with Crippen LogP contribution in [0.1, 0.15) is 32.1 Å². The molecule has 0 aromatic heterocycles. The van der Waals surface area contributed by atoms with Crippen LogP contribution in [0.25, 0.3) is 0 Å². The number of anilines is 1. The van der Waals surface area contributed by atoms with E-state index in [-0.39, 0.29) is 0 Å². The molecule has 0 aliphatic carbocycles. The number of benzene rings is 1. The molecule has 5 heteroatoms. The van der Waals surface area contributed by atoms with Crippen molar-refractivity contribution in [3.05, 3.63) is 24.3 Å². The molecule has 1 atom stereocenters. The van der Waals surface area contributed by atoms with Crippen molar-refractivity contribution in [2.24, 2.45) is 0 Å². The molecule has 2 fully saturated rings. The second-order valence-electron chi connectivity index (χ2n) is 7.24. The third-order valence-corrected chi connectivity index (χ3v) is 5.66. The van der Waals surface area contributed by atoms with Crippen molar-refractivity contribution in [1.29, 1.82) is 0 Å². The van der Waals surface area contributed by atoms with Crippen LogP contribution in [0.2, 0.25) is 0 Å². The Balaban J connectivity index is 1.45. The van der Waals surface area contributed by atoms with Crippen molar-refractivity contribution in [2.45, 2.75) is 38.1 Å². The maximum atomic E-state index is 12.6. The Morgan fingerprint density at radius 3 is 2.68 bits per heavy atom. The van der Waals surface area contributed by atoms with Gasteiger partial charge in [-0.2, -0.15) is 0 Å². The number of piperazine rings is 1. The Morgan fingerprint density at radius 2 is 1.96 bits per heavy atom. The average molecular weight is 345 g/mol. The lowest BCUT2D eigenvalue weighted by Crippen LogP contribution is -2.49. The van der Waals surface area contributed by atoms with Crippen molar-refractivity contribution in [2.75, 3.05) is 51.8 Å². The van der Waals surface area contributed by atoms with E-state index in [0.717, 1.165) is 38.3 Å². The number of carbonyl (C=O) groups excluding carboxylic acids is 1. The topological polar surface area (TPSA) is 36.0 Å². The molecular weight excluding hydrogens is 314 g/mol. The fourth-order valence-electron chi connectivity index (χ4n) is 3.98. The Hall–Kier alpha value is -1.75. The zero-order valence-corrected chi connectivity index (χ0v) is 15.6. The Kier molecular flexibility index (Phi) is 6.19. The summed E-state index contributed by atoms with van der Waals surface area (Å²) < 4.78 is 5.31. The van der Waals surface area contributed by atoms with E-state index in [1.165, 1.54) is 31.5 Å². The molecule has 5 nitrogen and oxygen atoms in total. The van der Waals surface area contributed by atoms with Gasteiger partial charge in [-0.3, -0.25) is 4.79 Å². The number of nitrogens with zero attached hydrogens (tertiary/aromatic N) is 3. The van der Waals surface area contributed by atoms with Gasteiger partial charge < -0.3 is 19.4 Å². The van der Waals surface area contributed by atoms with Gasteiger partial charge in [0.1, 0.15) is 5.75 Å². The molecule has 3 rings (SSSR count). The Bertz CT molecular complexity index is 570. The first-order valence-corrected chi connectivity index (χ1v) is 9.54. The van der Waals surface area contributed by atoms with Crippen LogP contribution in [0.15, 0.2) is 24.3 Å². The van der Waals surface area contributed by atoms with Crippen molar-refractivity contribution in [3.8, 4) is 5.75 Å². The summed E-state index contributed by atoms with van der Waals surface area (Å²) in [5.74, 6) is 1.21. The summed E-state index contributed by atoms with van der Waals surface area (Å²) >= 11 is 0. The van der Waals surface area contributed by atoms with Gasteiger partial charge in [0.15, 0.2) is 0 Å². The number of piperidine rings is 1. The van der Waals surface area contributed by atoms with Gasteiger partial charge in [-0.05, 0) is 45.0 Å². The van der Waals surface area contributed by atoms with Crippen LogP contribution in [0, 0.1) is 0 Å². The summed E-state index contributed by atoms with van der Waals surface area (Å²) in [7, 11) is 3.89. The highest BCUT2D eigenvalue weighted by Gasteiger charge is 2.24. The van der Waals surface area contributed by atoms with Gasteiger partial charge in [0.05, 0.1) is 7.11 Å². The van der Waals surface area contributed by atoms with E-state index in [4.69, 9.17) is 4.74 Å². The third kappa shape index (κ3) is 4.66. The van der Waals surface area contributed by atoms with E-state index in [0.29, 0.717) is 18.4 Å². The first kappa shape index (κ1) is 18.1. The van der Waals surface area contributed by atoms with E-state index < -0.39 is 0 Å². The molecule has 0 saturated carbocycles. The summed E-state index contributed by atoms with van der Waals surface area (Å²) in [4.78, 5) is 19.4. The average Bonchev–Trinajstić information content (AvgIpc) is 2.67. The summed E-state index contributed by atoms with van der Waals surface area (Å²) in [6.07, 6.45) is 5.54. The van der Waals surface area contributed by atoms with Gasteiger partial charge in [-0.1, -0.05) is 12.5 Å². The number of likely N-dealkylation sites (tertiary alicyclic amines) is 1. The Morgan fingerprint density at radius 1 is 1.16 bits per heavy atom. The van der Waals surface area contributed by atoms with Gasteiger partial charge in [0.25, 0.3) is 0 Å². The normalized spacial score (nSPS) is 22.1. The number of amides is 1. The van der Waals surface area contributed by atoms with E-state index in [2.05, 4.69) is 29.0 Å². The zero-order valence-electron chi connectivity index (χ0n) is 15.6.